The van der Waals surface area contributed by atoms with Gasteiger partial charge in [-0.25, -0.2) is 10.9 Å². The third-order valence-electron chi connectivity index (χ3n) is 5.07. The third-order valence-corrected chi connectivity index (χ3v) is 5.07. The number of amides is 2. The molecule has 0 heterocycles. The summed E-state index contributed by atoms with van der Waals surface area (Å²) in [5.74, 6) is 0.639. The fraction of sp³-hybridized carbons (Fsp3) is 0.385. The summed E-state index contributed by atoms with van der Waals surface area (Å²) >= 11 is 0. The van der Waals surface area contributed by atoms with Crippen molar-refractivity contribution >= 4 is 24.2 Å². The SMILES string of the molecule is CC(C)c1ccc(/C=N\NC(=O)CCCCC(=O)N/N=C/c2ccc(C(C)C)cc2)cc1. The van der Waals surface area contributed by atoms with Crippen molar-refractivity contribution in [3.63, 3.8) is 0 Å². The van der Waals surface area contributed by atoms with Crippen LogP contribution in [0.25, 0.3) is 0 Å². The summed E-state index contributed by atoms with van der Waals surface area (Å²) < 4.78 is 0. The van der Waals surface area contributed by atoms with Crippen molar-refractivity contribution in [3.8, 4) is 0 Å². The van der Waals surface area contributed by atoms with Crippen molar-refractivity contribution < 1.29 is 9.59 Å². The van der Waals surface area contributed by atoms with Crippen LogP contribution < -0.4 is 10.9 Å². The highest BCUT2D eigenvalue weighted by atomic mass is 16.2. The van der Waals surface area contributed by atoms with E-state index in [1.54, 1.807) is 12.4 Å². The smallest absolute Gasteiger partial charge is 0.240 e. The molecule has 0 saturated heterocycles. The number of benzene rings is 2. The number of hydrogen-bond acceptors (Lipinski definition) is 4. The molecule has 2 aromatic carbocycles. The Kier molecular flexibility index (Phi) is 10.3. The molecule has 32 heavy (non-hydrogen) atoms. The average Bonchev–Trinajstić information content (AvgIpc) is 2.77. The maximum absolute atomic E-state index is 11.9. The summed E-state index contributed by atoms with van der Waals surface area (Å²) in [6.45, 7) is 8.58. The molecule has 0 aliphatic carbocycles. The van der Waals surface area contributed by atoms with Gasteiger partial charge in [-0.2, -0.15) is 10.2 Å². The number of unbranched alkanes of at least 4 members (excludes halogenated alkanes) is 1. The van der Waals surface area contributed by atoms with E-state index in [2.05, 4.69) is 73.0 Å². The number of nitrogens with zero attached hydrogens (tertiary/aromatic N) is 2. The zero-order valence-corrected chi connectivity index (χ0v) is 19.5. The minimum absolute atomic E-state index is 0.164. The molecule has 0 bridgehead atoms. The summed E-state index contributed by atoms with van der Waals surface area (Å²) in [4.78, 5) is 23.7. The van der Waals surface area contributed by atoms with Crippen molar-refractivity contribution in [1.82, 2.24) is 10.9 Å². The van der Waals surface area contributed by atoms with E-state index in [1.807, 2.05) is 24.3 Å². The van der Waals surface area contributed by atoms with Crippen molar-refractivity contribution in [2.75, 3.05) is 0 Å². The first kappa shape index (κ1) is 25.0. The van der Waals surface area contributed by atoms with E-state index in [9.17, 15) is 9.59 Å². The van der Waals surface area contributed by atoms with Crippen molar-refractivity contribution in [3.05, 3.63) is 70.8 Å². The second-order valence-corrected chi connectivity index (χ2v) is 8.44. The average molecular weight is 435 g/mol. The van der Waals surface area contributed by atoms with E-state index in [-0.39, 0.29) is 11.8 Å². The zero-order chi connectivity index (χ0) is 23.3. The first-order valence-electron chi connectivity index (χ1n) is 11.2. The van der Waals surface area contributed by atoms with E-state index < -0.39 is 0 Å². The summed E-state index contributed by atoms with van der Waals surface area (Å²) in [5, 5.41) is 7.98. The van der Waals surface area contributed by atoms with Gasteiger partial charge in [-0.15, -0.1) is 0 Å². The Morgan fingerprint density at radius 1 is 0.688 bits per heavy atom. The lowest BCUT2D eigenvalue weighted by atomic mass is 10.0. The molecule has 0 fully saturated rings. The normalized spacial score (nSPS) is 11.6. The zero-order valence-electron chi connectivity index (χ0n) is 19.5. The quantitative estimate of drug-likeness (QED) is 0.293. The Labute approximate surface area is 191 Å². The molecule has 0 unspecified atom stereocenters. The van der Waals surface area contributed by atoms with Gasteiger partial charge in [-0.3, -0.25) is 9.59 Å². The number of carbonyl (C=O) groups is 2. The lowest BCUT2D eigenvalue weighted by molar-refractivity contribution is -0.123. The van der Waals surface area contributed by atoms with Crippen LogP contribution in [0.3, 0.4) is 0 Å². The van der Waals surface area contributed by atoms with Crippen LogP contribution in [0.15, 0.2) is 58.7 Å². The Morgan fingerprint density at radius 3 is 1.34 bits per heavy atom. The first-order chi connectivity index (χ1) is 15.3. The summed E-state index contributed by atoms with van der Waals surface area (Å²) in [7, 11) is 0. The molecular weight excluding hydrogens is 400 g/mol. The van der Waals surface area contributed by atoms with E-state index in [4.69, 9.17) is 0 Å². The number of nitrogens with one attached hydrogen (secondary N) is 2. The monoisotopic (exact) mass is 434 g/mol. The van der Waals surface area contributed by atoms with Gasteiger partial charge in [0.25, 0.3) is 0 Å². The van der Waals surface area contributed by atoms with Crippen LogP contribution in [-0.4, -0.2) is 24.2 Å². The summed E-state index contributed by atoms with van der Waals surface area (Å²) in [6.07, 6.45) is 5.12. The van der Waals surface area contributed by atoms with Gasteiger partial charge in [0.2, 0.25) is 11.8 Å². The Morgan fingerprint density at radius 2 is 1.03 bits per heavy atom. The van der Waals surface area contributed by atoms with Gasteiger partial charge in [0, 0.05) is 12.8 Å². The van der Waals surface area contributed by atoms with Gasteiger partial charge < -0.3 is 0 Å². The minimum atomic E-state index is -0.164. The van der Waals surface area contributed by atoms with Crippen LogP contribution in [0.2, 0.25) is 0 Å². The van der Waals surface area contributed by atoms with Crippen LogP contribution in [0.5, 0.6) is 0 Å². The number of carbonyl (C=O) groups excluding carboxylic acids is 2. The third kappa shape index (κ3) is 9.25. The lowest BCUT2D eigenvalue weighted by Gasteiger charge is -2.04. The largest absolute Gasteiger partial charge is 0.273 e. The highest BCUT2D eigenvalue weighted by molar-refractivity contribution is 5.83. The number of hydrogen-bond donors (Lipinski definition) is 2. The molecule has 0 atom stereocenters. The molecule has 2 rings (SSSR count). The van der Waals surface area contributed by atoms with Crippen molar-refractivity contribution in [1.29, 1.82) is 0 Å². The minimum Gasteiger partial charge on any atom is -0.273 e. The summed E-state index contributed by atoms with van der Waals surface area (Å²) in [5.41, 5.74) is 9.45. The topological polar surface area (TPSA) is 82.9 Å². The molecule has 0 saturated carbocycles. The molecular formula is C26H34N4O2. The van der Waals surface area contributed by atoms with Crippen LogP contribution in [0, 0.1) is 0 Å². The molecule has 2 N–H and O–H groups in total. The molecule has 2 aromatic rings. The van der Waals surface area contributed by atoms with Gasteiger partial charge in [-0.05, 0) is 46.9 Å². The number of hydrazone groups is 2. The Balaban J connectivity index is 1.59. The van der Waals surface area contributed by atoms with Crippen LogP contribution in [-0.2, 0) is 9.59 Å². The van der Waals surface area contributed by atoms with Gasteiger partial charge in [0.15, 0.2) is 0 Å². The molecule has 0 aromatic heterocycles. The van der Waals surface area contributed by atoms with Gasteiger partial charge in [0.05, 0.1) is 12.4 Å². The Hall–Kier alpha value is -3.28. The van der Waals surface area contributed by atoms with Crippen molar-refractivity contribution in [2.45, 2.75) is 65.2 Å². The van der Waals surface area contributed by atoms with E-state index in [0.717, 1.165) is 11.1 Å². The highest BCUT2D eigenvalue weighted by Gasteiger charge is 2.03. The molecule has 170 valence electrons. The highest BCUT2D eigenvalue weighted by Crippen LogP contribution is 2.14. The predicted molar refractivity (Wildman–Crippen MR) is 131 cm³/mol. The van der Waals surface area contributed by atoms with Gasteiger partial charge >= 0.3 is 0 Å². The summed E-state index contributed by atoms with van der Waals surface area (Å²) in [6, 6.07) is 16.2. The molecule has 0 radical (unpaired) electrons. The lowest BCUT2D eigenvalue weighted by Crippen LogP contribution is -2.19. The van der Waals surface area contributed by atoms with E-state index in [1.165, 1.54) is 11.1 Å². The maximum Gasteiger partial charge on any atom is 0.240 e. The fourth-order valence-electron chi connectivity index (χ4n) is 2.97. The maximum atomic E-state index is 11.9. The first-order valence-corrected chi connectivity index (χ1v) is 11.2. The van der Waals surface area contributed by atoms with Gasteiger partial charge in [-0.1, -0.05) is 76.2 Å². The second kappa shape index (κ2) is 13.2. The molecule has 2 amide bonds. The van der Waals surface area contributed by atoms with E-state index >= 15 is 0 Å². The molecule has 6 heteroatoms. The molecule has 0 spiro atoms. The van der Waals surface area contributed by atoms with Crippen LogP contribution >= 0.6 is 0 Å². The standard InChI is InChI=1S/C26H34N4O2/c1-19(2)23-13-9-21(10-14-23)17-27-29-25(31)7-5-6-8-26(32)30-28-18-22-11-15-24(16-12-22)20(3)4/h9-20H,5-8H2,1-4H3,(H,29,31)(H,30,32)/b27-17-,28-18+. The van der Waals surface area contributed by atoms with Crippen LogP contribution in [0.1, 0.15) is 87.5 Å². The van der Waals surface area contributed by atoms with Gasteiger partial charge in [0.1, 0.15) is 0 Å². The van der Waals surface area contributed by atoms with Crippen molar-refractivity contribution in [2.24, 2.45) is 10.2 Å². The second-order valence-electron chi connectivity index (χ2n) is 8.44. The predicted octanol–water partition coefficient (Wildman–Crippen LogP) is 5.09. The van der Waals surface area contributed by atoms with Crippen LogP contribution in [0.4, 0.5) is 0 Å². The molecule has 0 aliphatic rings. The molecule has 6 nitrogen and oxygen atoms in total. The molecule has 0 aliphatic heterocycles. The fourth-order valence-corrected chi connectivity index (χ4v) is 2.97. The number of rotatable bonds is 11. The van der Waals surface area contributed by atoms with E-state index in [0.29, 0.717) is 37.5 Å². The Bertz CT molecular complexity index is 836.